The lowest BCUT2D eigenvalue weighted by atomic mass is 10.2. The molecule has 0 atom stereocenters. The number of sulfonamides is 1. The molecular weight excluding hydrogens is 330 g/mol. The van der Waals surface area contributed by atoms with E-state index in [1.165, 1.54) is 6.07 Å². The number of nitrogens with two attached hydrogens (primary N) is 1. The van der Waals surface area contributed by atoms with Gasteiger partial charge in [0.1, 0.15) is 0 Å². The number of carboxylic acid groups (broad SMARTS) is 2. The van der Waals surface area contributed by atoms with Crippen LogP contribution in [0.15, 0.2) is 29.2 Å². The van der Waals surface area contributed by atoms with E-state index < -0.39 is 22.0 Å². The largest absolute Gasteiger partial charge is 0.481 e. The summed E-state index contributed by atoms with van der Waals surface area (Å²) in [6.07, 6.45) is -0.147. The average Bonchev–Trinajstić information content (AvgIpc) is 2.35. The molecule has 122 valence electrons. The number of aryl methyl sites for hydroxylation is 1. The molecule has 1 aromatic rings. The Morgan fingerprint density at radius 3 is 2.05 bits per heavy atom. The highest BCUT2D eigenvalue weighted by Crippen LogP contribution is 2.11. The van der Waals surface area contributed by atoms with Crippen LogP contribution in [0.4, 0.5) is 0 Å². The summed E-state index contributed by atoms with van der Waals surface area (Å²) in [5.41, 5.74) is 0.676. The van der Waals surface area contributed by atoms with Crippen LogP contribution in [-0.2, 0) is 19.6 Å². The van der Waals surface area contributed by atoms with Gasteiger partial charge in [-0.2, -0.15) is 0 Å². The Morgan fingerprint density at radius 2 is 1.68 bits per heavy atom. The Labute approximate surface area is 133 Å². The van der Waals surface area contributed by atoms with E-state index in [9.17, 15) is 18.0 Å². The molecule has 0 radical (unpaired) electrons. The second-order valence-electron chi connectivity index (χ2n) is 4.31. The van der Waals surface area contributed by atoms with Crippen LogP contribution in [0.2, 0.25) is 0 Å². The molecule has 1 rings (SSSR count). The summed E-state index contributed by atoms with van der Waals surface area (Å²) in [7, 11) is -3.53. The van der Waals surface area contributed by atoms with Crippen molar-refractivity contribution in [1.29, 1.82) is 0 Å². The molecule has 0 amide bonds. The first-order valence-electron chi connectivity index (χ1n) is 6.07. The van der Waals surface area contributed by atoms with Gasteiger partial charge >= 0.3 is 11.9 Å². The molecule has 1 aromatic carbocycles. The van der Waals surface area contributed by atoms with Gasteiger partial charge in [-0.05, 0) is 25.0 Å². The highest BCUT2D eigenvalue weighted by Gasteiger charge is 2.08. The van der Waals surface area contributed by atoms with Crippen molar-refractivity contribution in [1.82, 2.24) is 0 Å². The van der Waals surface area contributed by atoms with Gasteiger partial charge in [0, 0.05) is 11.3 Å². The van der Waals surface area contributed by atoms with E-state index in [4.69, 9.17) is 15.4 Å². The zero-order chi connectivity index (χ0) is 17.3. The van der Waals surface area contributed by atoms with Crippen LogP contribution >= 0.6 is 12.2 Å². The molecule has 0 fully saturated rings. The van der Waals surface area contributed by atoms with E-state index >= 15 is 0 Å². The number of benzene rings is 1. The third kappa shape index (κ3) is 9.16. The Kier molecular flexibility index (Phi) is 8.46. The molecule has 0 saturated carbocycles. The molecule has 0 aliphatic rings. The summed E-state index contributed by atoms with van der Waals surface area (Å²) in [6, 6.07) is 6.61. The van der Waals surface area contributed by atoms with Crippen LogP contribution in [-0.4, -0.2) is 35.4 Å². The average molecular weight is 347 g/mol. The van der Waals surface area contributed by atoms with Crippen molar-refractivity contribution < 1.29 is 28.2 Å². The Bertz CT molecular complexity index is 654. The van der Waals surface area contributed by atoms with Crippen molar-refractivity contribution in [2.24, 2.45) is 5.14 Å². The van der Waals surface area contributed by atoms with Gasteiger partial charge in [-0.3, -0.25) is 9.59 Å². The Morgan fingerprint density at radius 1 is 1.14 bits per heavy atom. The fourth-order valence-electron chi connectivity index (χ4n) is 1.38. The molecule has 0 aromatic heterocycles. The fourth-order valence-corrected chi connectivity index (χ4v) is 2.39. The van der Waals surface area contributed by atoms with Gasteiger partial charge in [0.2, 0.25) is 10.0 Å². The van der Waals surface area contributed by atoms with Gasteiger partial charge in [0.05, 0.1) is 11.3 Å². The van der Waals surface area contributed by atoms with Crippen molar-refractivity contribution in [3.05, 3.63) is 29.8 Å². The highest BCUT2D eigenvalue weighted by atomic mass is 32.2. The summed E-state index contributed by atoms with van der Waals surface area (Å²) in [6.45, 7) is 1.71. The third-order valence-electron chi connectivity index (χ3n) is 2.37. The molecule has 9 heteroatoms. The number of carbonyl (C=O) groups is 2. The molecule has 22 heavy (non-hydrogen) atoms. The van der Waals surface area contributed by atoms with Crippen LogP contribution in [0.5, 0.6) is 0 Å². The van der Waals surface area contributed by atoms with E-state index in [0.717, 1.165) is 0 Å². The monoisotopic (exact) mass is 347 g/mol. The number of thiocarbonyl (C=S) groups is 1. The molecule has 0 aliphatic carbocycles. The molecular formula is C13H17NO6S2. The fraction of sp³-hybridized carbons (Fsp3) is 0.308. The van der Waals surface area contributed by atoms with Crippen molar-refractivity contribution in [3.63, 3.8) is 0 Å². The second kappa shape index (κ2) is 9.23. The predicted octanol–water partition coefficient (Wildman–Crippen LogP) is 1.34. The van der Waals surface area contributed by atoms with Gasteiger partial charge in [0.15, 0.2) is 0 Å². The third-order valence-corrected chi connectivity index (χ3v) is 3.79. The number of hydrogen-bond donors (Lipinski definition) is 3. The summed E-state index contributed by atoms with van der Waals surface area (Å²) >= 11 is 4.60. The van der Waals surface area contributed by atoms with Crippen molar-refractivity contribution in [2.45, 2.75) is 31.1 Å². The van der Waals surface area contributed by atoms with Gasteiger partial charge in [-0.1, -0.05) is 30.4 Å². The molecule has 4 N–H and O–H groups in total. The Balaban J connectivity index is 0.000000401. The summed E-state index contributed by atoms with van der Waals surface area (Å²) in [4.78, 5) is 20.5. The number of primary sulfonamides is 1. The standard InChI is InChI=1S/C7H9NO2S.C6H8O4S/c1-6-4-2-3-5-7(6)11(8,9)10;7-5(8)2-1-4(11)3-6(9)10/h2-5H,1H3,(H2,8,9,10);1-3H2,(H,7,8)(H,9,10). The number of hydrogen-bond acceptors (Lipinski definition) is 5. The lowest BCUT2D eigenvalue weighted by Gasteiger charge is -2.00. The smallest absolute Gasteiger partial charge is 0.308 e. The van der Waals surface area contributed by atoms with Crippen molar-refractivity contribution in [2.75, 3.05) is 0 Å². The molecule has 0 unspecified atom stereocenters. The lowest BCUT2D eigenvalue weighted by molar-refractivity contribution is -0.137. The summed E-state index contributed by atoms with van der Waals surface area (Å²) < 4.78 is 21.7. The van der Waals surface area contributed by atoms with Crippen LogP contribution in [0.3, 0.4) is 0 Å². The number of carboxylic acids is 2. The zero-order valence-electron chi connectivity index (χ0n) is 11.9. The quantitative estimate of drug-likeness (QED) is 0.661. The molecule has 0 spiro atoms. The van der Waals surface area contributed by atoms with Gasteiger partial charge in [-0.25, -0.2) is 13.6 Å². The van der Waals surface area contributed by atoms with Crippen molar-refractivity contribution >= 4 is 39.0 Å². The van der Waals surface area contributed by atoms with Gasteiger partial charge in [-0.15, -0.1) is 0 Å². The van der Waals surface area contributed by atoms with Crippen LogP contribution in [0.25, 0.3) is 0 Å². The van der Waals surface area contributed by atoms with E-state index in [2.05, 4.69) is 12.2 Å². The second-order valence-corrected chi connectivity index (χ2v) is 6.42. The minimum absolute atomic E-state index is 0.0912. The maximum atomic E-state index is 10.8. The Hall–Kier alpha value is -1.84. The van der Waals surface area contributed by atoms with Crippen LogP contribution < -0.4 is 5.14 Å². The normalized spacial score (nSPS) is 10.3. The molecule has 0 bridgehead atoms. The minimum atomic E-state index is -3.53. The van der Waals surface area contributed by atoms with Crippen molar-refractivity contribution in [3.8, 4) is 0 Å². The minimum Gasteiger partial charge on any atom is -0.481 e. The summed E-state index contributed by atoms with van der Waals surface area (Å²) in [5.74, 6) is -1.97. The highest BCUT2D eigenvalue weighted by molar-refractivity contribution is 7.89. The first kappa shape index (κ1) is 20.2. The maximum absolute atomic E-state index is 10.8. The first-order chi connectivity index (χ1) is 10.0. The molecule has 0 saturated heterocycles. The number of aliphatic carboxylic acids is 2. The lowest BCUT2D eigenvalue weighted by Crippen LogP contribution is -2.13. The topological polar surface area (TPSA) is 135 Å². The first-order valence-corrected chi connectivity index (χ1v) is 8.03. The van der Waals surface area contributed by atoms with E-state index in [-0.39, 0.29) is 29.0 Å². The van der Waals surface area contributed by atoms with E-state index in [1.807, 2.05) is 0 Å². The van der Waals surface area contributed by atoms with E-state index in [1.54, 1.807) is 25.1 Å². The van der Waals surface area contributed by atoms with Crippen LogP contribution in [0, 0.1) is 6.92 Å². The zero-order valence-corrected chi connectivity index (χ0v) is 13.5. The van der Waals surface area contributed by atoms with Gasteiger partial charge < -0.3 is 10.2 Å². The molecule has 0 aliphatic heterocycles. The number of rotatable bonds is 6. The maximum Gasteiger partial charge on any atom is 0.308 e. The molecule has 7 nitrogen and oxygen atoms in total. The predicted molar refractivity (Wildman–Crippen MR) is 84.3 cm³/mol. The molecule has 0 heterocycles. The summed E-state index contributed by atoms with van der Waals surface area (Å²) in [5, 5.41) is 21.3. The van der Waals surface area contributed by atoms with Crippen LogP contribution in [0.1, 0.15) is 24.8 Å². The SMILES string of the molecule is Cc1ccccc1S(N)(=O)=O.O=C(O)CCC(=S)CC(=O)O. The van der Waals surface area contributed by atoms with E-state index in [0.29, 0.717) is 5.56 Å². The van der Waals surface area contributed by atoms with Gasteiger partial charge in [0.25, 0.3) is 0 Å².